The largest absolute Gasteiger partial charge is 0.482 e. The monoisotopic (exact) mass is 292 g/mol. The highest BCUT2D eigenvalue weighted by atomic mass is 35.5. The number of ether oxygens (including phenoxy) is 1. The van der Waals surface area contributed by atoms with Gasteiger partial charge in [-0.2, -0.15) is 0 Å². The van der Waals surface area contributed by atoms with Crippen molar-refractivity contribution in [2.24, 2.45) is 0 Å². The Morgan fingerprint density at radius 2 is 2.00 bits per heavy atom. The van der Waals surface area contributed by atoms with Gasteiger partial charge in [0.1, 0.15) is 11.6 Å². The second-order valence-corrected chi connectivity index (χ2v) is 4.98. The van der Waals surface area contributed by atoms with Crippen LogP contribution in [0.3, 0.4) is 0 Å². The van der Waals surface area contributed by atoms with Crippen molar-refractivity contribution in [3.05, 3.63) is 64.4 Å². The van der Waals surface area contributed by atoms with E-state index in [1.54, 1.807) is 50.2 Å². The molecule has 0 bridgehead atoms. The summed E-state index contributed by atoms with van der Waals surface area (Å²) < 4.78 is 18.9. The lowest BCUT2D eigenvalue weighted by atomic mass is 10.1. The molecule has 1 unspecified atom stereocenters. The Bertz CT molecular complexity index is 640. The van der Waals surface area contributed by atoms with Crippen LogP contribution in [0.5, 0.6) is 5.75 Å². The van der Waals surface area contributed by atoms with E-state index < -0.39 is 6.10 Å². The molecule has 20 heavy (non-hydrogen) atoms. The summed E-state index contributed by atoms with van der Waals surface area (Å²) in [4.78, 5) is 12.2. The number of ketones is 1. The van der Waals surface area contributed by atoms with E-state index >= 15 is 0 Å². The zero-order chi connectivity index (χ0) is 14.7. The van der Waals surface area contributed by atoms with Crippen LogP contribution in [-0.4, -0.2) is 11.9 Å². The molecule has 0 aromatic heterocycles. The number of carbonyl (C=O) groups is 1. The number of Topliss-reactive ketones (excluding diaryl/α,β-unsaturated/α-hetero) is 1. The molecule has 0 saturated heterocycles. The fourth-order valence-corrected chi connectivity index (χ4v) is 1.97. The van der Waals surface area contributed by atoms with Gasteiger partial charge in [0.05, 0.1) is 0 Å². The fraction of sp³-hybridized carbons (Fsp3) is 0.188. The first kappa shape index (κ1) is 14.5. The maximum atomic E-state index is 13.4. The van der Waals surface area contributed by atoms with Gasteiger partial charge < -0.3 is 4.74 Å². The van der Waals surface area contributed by atoms with E-state index in [0.29, 0.717) is 21.9 Å². The summed E-state index contributed by atoms with van der Waals surface area (Å²) in [5.41, 5.74) is 1.00. The van der Waals surface area contributed by atoms with Crippen molar-refractivity contribution in [3.63, 3.8) is 0 Å². The molecule has 0 aliphatic heterocycles. The van der Waals surface area contributed by atoms with Gasteiger partial charge in [0, 0.05) is 16.7 Å². The quantitative estimate of drug-likeness (QED) is 0.779. The van der Waals surface area contributed by atoms with E-state index in [1.807, 2.05) is 0 Å². The van der Waals surface area contributed by atoms with Crippen LogP contribution >= 0.6 is 11.6 Å². The molecule has 0 aliphatic carbocycles. The number of halogens is 2. The molecular formula is C16H14ClFO2. The van der Waals surface area contributed by atoms with Crippen LogP contribution in [0, 0.1) is 12.7 Å². The fourth-order valence-electron chi connectivity index (χ4n) is 1.78. The predicted octanol–water partition coefficient (Wildman–Crippen LogP) is 4.44. The summed E-state index contributed by atoms with van der Waals surface area (Å²) in [5, 5.41) is 0.490. The molecule has 2 nitrogen and oxygen atoms in total. The lowest BCUT2D eigenvalue weighted by molar-refractivity contribution is 0.0817. The molecule has 104 valence electrons. The standard InChI is InChI=1S/C16H14ClFO2/c1-10-6-7-14(9-15(10)18)20-11(2)16(19)12-4-3-5-13(17)8-12/h3-9,11H,1-2H3. The van der Waals surface area contributed by atoms with E-state index in [0.717, 1.165) is 0 Å². The Kier molecular flexibility index (Phi) is 4.40. The first-order chi connectivity index (χ1) is 9.47. The maximum Gasteiger partial charge on any atom is 0.203 e. The number of carbonyl (C=O) groups excluding carboxylic acids is 1. The van der Waals surface area contributed by atoms with Crippen LogP contribution in [-0.2, 0) is 0 Å². The van der Waals surface area contributed by atoms with Gasteiger partial charge in [-0.3, -0.25) is 4.79 Å². The Morgan fingerprint density at radius 3 is 2.65 bits per heavy atom. The number of aryl methyl sites for hydroxylation is 1. The number of rotatable bonds is 4. The van der Waals surface area contributed by atoms with Crippen LogP contribution < -0.4 is 4.74 Å². The summed E-state index contributed by atoms with van der Waals surface area (Å²) >= 11 is 5.85. The number of hydrogen-bond donors (Lipinski definition) is 0. The summed E-state index contributed by atoms with van der Waals surface area (Å²) in [7, 11) is 0. The minimum atomic E-state index is -0.712. The minimum Gasteiger partial charge on any atom is -0.482 e. The van der Waals surface area contributed by atoms with Gasteiger partial charge in [-0.15, -0.1) is 0 Å². The summed E-state index contributed by atoms with van der Waals surface area (Å²) in [6.45, 7) is 3.29. The molecule has 0 spiro atoms. The third-order valence-corrected chi connectivity index (χ3v) is 3.17. The molecule has 0 amide bonds. The molecule has 2 rings (SSSR count). The summed E-state index contributed by atoms with van der Waals surface area (Å²) in [6, 6.07) is 11.2. The topological polar surface area (TPSA) is 26.3 Å². The third kappa shape index (κ3) is 3.36. The molecule has 2 aromatic carbocycles. The van der Waals surface area contributed by atoms with Crippen molar-refractivity contribution < 1.29 is 13.9 Å². The van der Waals surface area contributed by atoms with Gasteiger partial charge in [0.2, 0.25) is 5.78 Å². The van der Waals surface area contributed by atoms with E-state index in [2.05, 4.69) is 0 Å². The first-order valence-electron chi connectivity index (χ1n) is 6.20. The summed E-state index contributed by atoms with van der Waals surface area (Å²) in [6.07, 6.45) is -0.712. The van der Waals surface area contributed by atoms with E-state index in [9.17, 15) is 9.18 Å². The van der Waals surface area contributed by atoms with Crippen molar-refractivity contribution in [3.8, 4) is 5.75 Å². The van der Waals surface area contributed by atoms with Crippen molar-refractivity contribution in [1.82, 2.24) is 0 Å². The number of benzene rings is 2. The molecule has 0 aliphatic rings. The second-order valence-electron chi connectivity index (χ2n) is 4.55. The van der Waals surface area contributed by atoms with Gasteiger partial charge in [0.15, 0.2) is 6.10 Å². The van der Waals surface area contributed by atoms with Crippen LogP contribution in [0.4, 0.5) is 4.39 Å². The Labute approximate surface area is 122 Å². The molecule has 0 N–H and O–H groups in total. The van der Waals surface area contributed by atoms with E-state index in [-0.39, 0.29) is 11.6 Å². The Balaban J connectivity index is 2.13. The van der Waals surface area contributed by atoms with E-state index in [1.165, 1.54) is 6.07 Å². The maximum absolute atomic E-state index is 13.4. The first-order valence-corrected chi connectivity index (χ1v) is 6.58. The zero-order valence-electron chi connectivity index (χ0n) is 11.2. The van der Waals surface area contributed by atoms with Gasteiger partial charge in [0.25, 0.3) is 0 Å². The van der Waals surface area contributed by atoms with Crippen molar-refractivity contribution >= 4 is 17.4 Å². The Morgan fingerprint density at radius 1 is 1.25 bits per heavy atom. The van der Waals surface area contributed by atoms with Crippen LogP contribution in [0.2, 0.25) is 5.02 Å². The number of hydrogen-bond acceptors (Lipinski definition) is 2. The van der Waals surface area contributed by atoms with Crippen LogP contribution in [0.1, 0.15) is 22.8 Å². The van der Waals surface area contributed by atoms with Crippen LogP contribution in [0.15, 0.2) is 42.5 Å². The smallest absolute Gasteiger partial charge is 0.203 e. The molecule has 0 fully saturated rings. The van der Waals surface area contributed by atoms with Crippen LogP contribution in [0.25, 0.3) is 0 Å². The van der Waals surface area contributed by atoms with Gasteiger partial charge in [-0.1, -0.05) is 29.8 Å². The molecule has 2 aromatic rings. The van der Waals surface area contributed by atoms with Crippen molar-refractivity contribution in [2.75, 3.05) is 0 Å². The van der Waals surface area contributed by atoms with Gasteiger partial charge in [-0.25, -0.2) is 4.39 Å². The minimum absolute atomic E-state index is 0.200. The highest BCUT2D eigenvalue weighted by Crippen LogP contribution is 2.19. The molecule has 0 radical (unpaired) electrons. The predicted molar refractivity (Wildman–Crippen MR) is 77.0 cm³/mol. The Hall–Kier alpha value is -1.87. The SMILES string of the molecule is Cc1ccc(OC(C)C(=O)c2cccc(Cl)c2)cc1F. The van der Waals surface area contributed by atoms with Crippen molar-refractivity contribution in [1.29, 1.82) is 0 Å². The van der Waals surface area contributed by atoms with E-state index in [4.69, 9.17) is 16.3 Å². The average molecular weight is 293 g/mol. The normalized spacial score (nSPS) is 12.0. The second kappa shape index (κ2) is 6.06. The van der Waals surface area contributed by atoms with Crippen molar-refractivity contribution in [2.45, 2.75) is 20.0 Å². The lowest BCUT2D eigenvalue weighted by Gasteiger charge is -2.14. The zero-order valence-corrected chi connectivity index (χ0v) is 11.9. The van der Waals surface area contributed by atoms with Gasteiger partial charge >= 0.3 is 0 Å². The summed E-state index contributed by atoms with van der Waals surface area (Å²) in [5.74, 6) is -0.227. The highest BCUT2D eigenvalue weighted by Gasteiger charge is 2.17. The molecule has 4 heteroatoms. The molecule has 1 atom stereocenters. The highest BCUT2D eigenvalue weighted by molar-refractivity contribution is 6.31. The average Bonchev–Trinajstić information content (AvgIpc) is 2.42. The molecule has 0 saturated carbocycles. The van der Waals surface area contributed by atoms with Gasteiger partial charge in [-0.05, 0) is 37.6 Å². The third-order valence-electron chi connectivity index (χ3n) is 2.93. The molecular weight excluding hydrogens is 279 g/mol. The lowest BCUT2D eigenvalue weighted by Crippen LogP contribution is -2.23. The molecule has 0 heterocycles.